The van der Waals surface area contributed by atoms with Crippen molar-refractivity contribution >= 4 is 17.7 Å². The van der Waals surface area contributed by atoms with Crippen LogP contribution in [0.2, 0.25) is 0 Å². The Morgan fingerprint density at radius 1 is 1.14 bits per heavy atom. The number of carbonyl (C=O) groups is 3. The Morgan fingerprint density at radius 2 is 1.86 bits per heavy atom. The molecule has 0 spiro atoms. The maximum atomic E-state index is 12.3. The Bertz CT molecular complexity index is 401. The molecule has 2 aliphatic carbocycles. The first-order valence-electron chi connectivity index (χ1n) is 8.01. The fraction of sp³-hybridized carbons (Fsp3) is 0.812. The lowest BCUT2D eigenvalue weighted by molar-refractivity contribution is -0.148. The molecular weight excluding hydrogens is 270 g/mol. The summed E-state index contributed by atoms with van der Waals surface area (Å²) in [6.45, 7) is 0. The van der Waals surface area contributed by atoms with Crippen LogP contribution in [-0.4, -0.2) is 30.8 Å². The van der Waals surface area contributed by atoms with Crippen molar-refractivity contribution in [2.45, 2.75) is 63.8 Å². The van der Waals surface area contributed by atoms with E-state index in [-0.39, 0.29) is 23.5 Å². The largest absolute Gasteiger partial charge is 0.467 e. The molecule has 21 heavy (non-hydrogen) atoms. The standard InChI is InChI=1S/C16H25NO4/c1-21-16(20)14(12-8-5-9-13(18)10-12)17-15(19)11-6-3-2-4-7-11/h11-12,14H,2-10H2,1H3,(H,17,19)/t12-,14-/m0/s1. The van der Waals surface area contributed by atoms with Crippen LogP contribution in [0.4, 0.5) is 0 Å². The van der Waals surface area contributed by atoms with E-state index in [4.69, 9.17) is 4.74 Å². The molecule has 5 nitrogen and oxygen atoms in total. The number of amides is 1. The lowest BCUT2D eigenvalue weighted by Gasteiger charge is -2.30. The third-order valence-electron chi connectivity index (χ3n) is 4.72. The van der Waals surface area contributed by atoms with Crippen molar-refractivity contribution in [3.05, 3.63) is 0 Å². The van der Waals surface area contributed by atoms with Gasteiger partial charge >= 0.3 is 5.97 Å². The number of esters is 1. The summed E-state index contributed by atoms with van der Waals surface area (Å²) in [5, 5.41) is 2.86. The molecule has 118 valence electrons. The maximum Gasteiger partial charge on any atom is 0.328 e. The van der Waals surface area contributed by atoms with E-state index in [0.29, 0.717) is 12.8 Å². The van der Waals surface area contributed by atoms with Crippen LogP contribution in [-0.2, 0) is 19.1 Å². The highest BCUT2D eigenvalue weighted by atomic mass is 16.5. The molecule has 2 rings (SSSR count). The Labute approximate surface area is 125 Å². The van der Waals surface area contributed by atoms with Crippen LogP contribution in [0.15, 0.2) is 0 Å². The van der Waals surface area contributed by atoms with Crippen LogP contribution < -0.4 is 5.32 Å². The second kappa shape index (κ2) is 7.57. The Kier molecular flexibility index (Phi) is 5.76. The molecule has 0 aliphatic heterocycles. The Balaban J connectivity index is 2.00. The van der Waals surface area contributed by atoms with Gasteiger partial charge in [0.05, 0.1) is 7.11 Å². The van der Waals surface area contributed by atoms with Crippen molar-refractivity contribution in [2.24, 2.45) is 11.8 Å². The van der Waals surface area contributed by atoms with Crippen molar-refractivity contribution < 1.29 is 19.1 Å². The first kappa shape index (κ1) is 16.0. The summed E-state index contributed by atoms with van der Waals surface area (Å²) >= 11 is 0. The molecule has 0 saturated heterocycles. The number of hydrogen-bond donors (Lipinski definition) is 1. The molecule has 0 aromatic heterocycles. The number of Topliss-reactive ketones (excluding diaryl/α,β-unsaturated/α-hetero) is 1. The SMILES string of the molecule is COC(=O)[C@@H](NC(=O)C1CCCCC1)[C@H]1CCCC(=O)C1. The van der Waals surface area contributed by atoms with Gasteiger partial charge in [0.15, 0.2) is 0 Å². The molecule has 0 aromatic carbocycles. The average Bonchev–Trinajstić information content (AvgIpc) is 2.52. The molecule has 0 radical (unpaired) electrons. The molecule has 2 atom stereocenters. The van der Waals surface area contributed by atoms with Gasteiger partial charge in [0, 0.05) is 18.8 Å². The minimum Gasteiger partial charge on any atom is -0.467 e. The number of ether oxygens (including phenoxy) is 1. The fourth-order valence-corrected chi connectivity index (χ4v) is 3.47. The monoisotopic (exact) mass is 295 g/mol. The molecule has 2 fully saturated rings. The molecule has 0 bridgehead atoms. The molecule has 2 saturated carbocycles. The molecule has 1 amide bonds. The molecule has 0 aromatic rings. The van der Waals surface area contributed by atoms with Crippen LogP contribution in [0.1, 0.15) is 57.8 Å². The van der Waals surface area contributed by atoms with E-state index in [1.54, 1.807) is 0 Å². The summed E-state index contributed by atoms with van der Waals surface area (Å²) in [5.74, 6) is -0.425. The van der Waals surface area contributed by atoms with E-state index < -0.39 is 12.0 Å². The third-order valence-corrected chi connectivity index (χ3v) is 4.72. The van der Waals surface area contributed by atoms with Gasteiger partial charge in [-0.15, -0.1) is 0 Å². The van der Waals surface area contributed by atoms with Crippen LogP contribution in [0.3, 0.4) is 0 Å². The van der Waals surface area contributed by atoms with Gasteiger partial charge in [0.1, 0.15) is 11.8 Å². The second-order valence-electron chi connectivity index (χ2n) is 6.24. The lowest BCUT2D eigenvalue weighted by Crippen LogP contribution is -2.49. The zero-order valence-electron chi connectivity index (χ0n) is 12.7. The van der Waals surface area contributed by atoms with Gasteiger partial charge in [-0.05, 0) is 31.6 Å². The van der Waals surface area contributed by atoms with Crippen LogP contribution in [0.25, 0.3) is 0 Å². The number of ketones is 1. The van der Waals surface area contributed by atoms with E-state index in [0.717, 1.165) is 38.5 Å². The van der Waals surface area contributed by atoms with E-state index in [9.17, 15) is 14.4 Å². The Hall–Kier alpha value is -1.39. The highest BCUT2D eigenvalue weighted by molar-refractivity contribution is 5.87. The van der Waals surface area contributed by atoms with Gasteiger partial charge in [-0.3, -0.25) is 9.59 Å². The summed E-state index contributed by atoms with van der Waals surface area (Å²) in [6, 6.07) is -0.673. The summed E-state index contributed by atoms with van der Waals surface area (Å²) < 4.78 is 4.82. The maximum absolute atomic E-state index is 12.3. The normalized spacial score (nSPS) is 25.2. The smallest absolute Gasteiger partial charge is 0.328 e. The van der Waals surface area contributed by atoms with Gasteiger partial charge in [-0.1, -0.05) is 19.3 Å². The minimum absolute atomic E-state index is 0.00481. The van der Waals surface area contributed by atoms with Gasteiger partial charge in [-0.2, -0.15) is 0 Å². The third kappa shape index (κ3) is 4.29. The molecule has 0 heterocycles. The van der Waals surface area contributed by atoms with E-state index >= 15 is 0 Å². The number of nitrogens with one attached hydrogen (secondary N) is 1. The Morgan fingerprint density at radius 3 is 2.48 bits per heavy atom. The van der Waals surface area contributed by atoms with Gasteiger partial charge in [-0.25, -0.2) is 4.79 Å². The van der Waals surface area contributed by atoms with Crippen LogP contribution >= 0.6 is 0 Å². The van der Waals surface area contributed by atoms with Crippen molar-refractivity contribution in [1.29, 1.82) is 0 Å². The quantitative estimate of drug-likeness (QED) is 0.805. The predicted octanol–water partition coefficient (Wildman–Crippen LogP) is 1.98. The highest BCUT2D eigenvalue weighted by Gasteiger charge is 2.35. The second-order valence-corrected chi connectivity index (χ2v) is 6.24. The summed E-state index contributed by atoms with van der Waals surface area (Å²) in [4.78, 5) is 35.9. The summed E-state index contributed by atoms with van der Waals surface area (Å²) in [6.07, 6.45) is 7.64. The van der Waals surface area contributed by atoms with Gasteiger partial charge in [0.2, 0.25) is 5.91 Å². The van der Waals surface area contributed by atoms with E-state index in [1.165, 1.54) is 13.5 Å². The molecule has 5 heteroatoms. The number of methoxy groups -OCH3 is 1. The number of rotatable bonds is 4. The van der Waals surface area contributed by atoms with Gasteiger partial charge in [0.25, 0.3) is 0 Å². The molecular formula is C16H25NO4. The molecule has 0 unspecified atom stereocenters. The summed E-state index contributed by atoms with van der Waals surface area (Å²) in [5.41, 5.74) is 0. The average molecular weight is 295 g/mol. The zero-order chi connectivity index (χ0) is 15.2. The lowest BCUT2D eigenvalue weighted by atomic mass is 9.82. The highest BCUT2D eigenvalue weighted by Crippen LogP contribution is 2.27. The van der Waals surface area contributed by atoms with Crippen molar-refractivity contribution in [1.82, 2.24) is 5.32 Å². The van der Waals surface area contributed by atoms with Crippen LogP contribution in [0, 0.1) is 11.8 Å². The van der Waals surface area contributed by atoms with Crippen molar-refractivity contribution in [3.63, 3.8) is 0 Å². The first-order valence-corrected chi connectivity index (χ1v) is 8.01. The topological polar surface area (TPSA) is 72.5 Å². The first-order chi connectivity index (χ1) is 10.1. The van der Waals surface area contributed by atoms with Crippen LogP contribution in [0.5, 0.6) is 0 Å². The predicted molar refractivity (Wildman–Crippen MR) is 77.5 cm³/mol. The van der Waals surface area contributed by atoms with Crippen molar-refractivity contribution in [2.75, 3.05) is 7.11 Å². The molecule has 1 N–H and O–H groups in total. The van der Waals surface area contributed by atoms with Gasteiger partial charge < -0.3 is 10.1 Å². The van der Waals surface area contributed by atoms with Crippen molar-refractivity contribution in [3.8, 4) is 0 Å². The fourth-order valence-electron chi connectivity index (χ4n) is 3.47. The number of hydrogen-bond acceptors (Lipinski definition) is 4. The zero-order valence-corrected chi connectivity index (χ0v) is 12.7. The molecule has 2 aliphatic rings. The minimum atomic E-state index is -0.673. The van der Waals surface area contributed by atoms with E-state index in [2.05, 4.69) is 5.32 Å². The summed E-state index contributed by atoms with van der Waals surface area (Å²) in [7, 11) is 1.33. The number of carbonyl (C=O) groups excluding carboxylic acids is 3. The van der Waals surface area contributed by atoms with E-state index in [1.807, 2.05) is 0 Å².